The molecule has 0 atom stereocenters. The normalized spacial score (nSPS) is 10.9. The van der Waals surface area contributed by atoms with Crippen LogP contribution in [0.1, 0.15) is 16.1 Å². The van der Waals surface area contributed by atoms with Crippen molar-refractivity contribution in [3.8, 4) is 5.75 Å². The van der Waals surface area contributed by atoms with Crippen LogP contribution >= 0.6 is 34.8 Å². The molecule has 9 heteroatoms. The number of anilines is 1. The molecular weight excluding hydrogens is 351 g/mol. The number of hydrazone groups is 1. The number of nitrogen functional groups attached to an aromatic ring is 1. The lowest BCUT2D eigenvalue weighted by Crippen LogP contribution is -2.28. The highest BCUT2D eigenvalue weighted by atomic mass is 35.5. The number of phenolic OH excluding ortho intramolecular Hbond substituents is 1. The first-order chi connectivity index (χ1) is 10.4. The fourth-order valence-corrected chi connectivity index (χ4v) is 2.15. The monoisotopic (exact) mass is 359 g/mol. The molecule has 1 aromatic heterocycles. The van der Waals surface area contributed by atoms with Gasteiger partial charge in [0.2, 0.25) is 0 Å². The van der Waals surface area contributed by atoms with E-state index in [4.69, 9.17) is 40.5 Å². The number of aromatic nitrogens is 1. The number of rotatable bonds is 3. The number of nitrogens with one attached hydrogen (secondary N) is 2. The fourth-order valence-electron chi connectivity index (χ4n) is 1.54. The Morgan fingerprint density at radius 1 is 1.27 bits per heavy atom. The van der Waals surface area contributed by atoms with Crippen LogP contribution in [-0.2, 0) is 0 Å². The number of halogens is 3. The summed E-state index contributed by atoms with van der Waals surface area (Å²) in [7, 11) is 0. The zero-order chi connectivity index (χ0) is 16.3. The van der Waals surface area contributed by atoms with Gasteiger partial charge in [0, 0.05) is 5.56 Å². The number of nitrogens with zero attached hydrogens (tertiary/aromatic N) is 1. The number of carbonyl (C=O) groups is 1. The average Bonchev–Trinajstić information content (AvgIpc) is 2.50. The quantitative estimate of drug-likeness (QED) is 0.445. The summed E-state index contributed by atoms with van der Waals surface area (Å²) in [6.45, 7) is 0. The van der Waals surface area contributed by atoms with Crippen LogP contribution < -0.4 is 16.1 Å². The van der Waals surface area contributed by atoms with Crippen LogP contribution in [0.15, 0.2) is 29.4 Å². The van der Waals surface area contributed by atoms with Gasteiger partial charge < -0.3 is 10.8 Å². The minimum absolute atomic E-state index is 0.0121. The summed E-state index contributed by atoms with van der Waals surface area (Å²) in [4.78, 5) is 14.5. The van der Waals surface area contributed by atoms with Crippen molar-refractivity contribution in [2.45, 2.75) is 0 Å². The Labute approximate surface area is 140 Å². The molecule has 0 saturated heterocycles. The maximum absolute atomic E-state index is 12.0. The van der Waals surface area contributed by atoms with Crippen LogP contribution in [-0.4, -0.2) is 17.2 Å². The maximum Gasteiger partial charge on any atom is 0.337 e. The van der Waals surface area contributed by atoms with Crippen molar-refractivity contribution in [1.82, 2.24) is 5.43 Å². The molecule has 1 heterocycles. The van der Waals surface area contributed by atoms with Gasteiger partial charge in [-0.25, -0.2) is 5.43 Å². The van der Waals surface area contributed by atoms with E-state index in [2.05, 4.69) is 15.5 Å². The van der Waals surface area contributed by atoms with Crippen molar-refractivity contribution in [2.24, 2.45) is 5.10 Å². The van der Waals surface area contributed by atoms with Crippen molar-refractivity contribution in [3.05, 3.63) is 50.7 Å². The SMILES string of the molecule is Nc1c(Cl)c(Cl)[nH+]c(C(=O)N/N=C/c2ccccc2O)c1Cl. The molecule has 6 nitrogen and oxygen atoms in total. The van der Waals surface area contributed by atoms with Crippen molar-refractivity contribution in [1.29, 1.82) is 0 Å². The molecule has 1 amide bonds. The van der Waals surface area contributed by atoms with Crippen LogP contribution in [0.2, 0.25) is 15.2 Å². The van der Waals surface area contributed by atoms with Gasteiger partial charge in [0.1, 0.15) is 15.8 Å². The van der Waals surface area contributed by atoms with E-state index >= 15 is 0 Å². The second-order valence-electron chi connectivity index (χ2n) is 4.11. The summed E-state index contributed by atoms with van der Waals surface area (Å²) in [5.74, 6) is -0.634. The minimum atomic E-state index is -0.665. The van der Waals surface area contributed by atoms with Crippen LogP contribution in [0.3, 0.4) is 0 Å². The summed E-state index contributed by atoms with van der Waals surface area (Å²) in [6.07, 6.45) is 1.28. The third-order valence-electron chi connectivity index (χ3n) is 2.65. The van der Waals surface area contributed by atoms with Gasteiger partial charge in [-0.3, -0.25) is 4.79 Å². The van der Waals surface area contributed by atoms with E-state index in [1.807, 2.05) is 0 Å². The molecule has 1 aromatic carbocycles. The number of hydrogen-bond acceptors (Lipinski definition) is 4. The molecule has 0 aliphatic carbocycles. The predicted molar refractivity (Wildman–Crippen MR) is 85.6 cm³/mol. The highest BCUT2D eigenvalue weighted by molar-refractivity contribution is 6.45. The smallest absolute Gasteiger partial charge is 0.337 e. The van der Waals surface area contributed by atoms with Crippen molar-refractivity contribution in [3.63, 3.8) is 0 Å². The number of benzene rings is 1. The molecule has 114 valence electrons. The first-order valence-electron chi connectivity index (χ1n) is 5.88. The van der Waals surface area contributed by atoms with Crippen molar-refractivity contribution < 1.29 is 14.9 Å². The van der Waals surface area contributed by atoms with E-state index < -0.39 is 5.91 Å². The van der Waals surface area contributed by atoms with E-state index in [0.717, 1.165) is 0 Å². The Morgan fingerprint density at radius 2 is 1.95 bits per heavy atom. The molecule has 0 unspecified atom stereocenters. The molecule has 0 aliphatic heterocycles. The van der Waals surface area contributed by atoms with Gasteiger partial charge >= 0.3 is 5.91 Å². The highest BCUT2D eigenvalue weighted by Gasteiger charge is 2.25. The summed E-state index contributed by atoms with van der Waals surface area (Å²) < 4.78 is 0. The Morgan fingerprint density at radius 3 is 2.64 bits per heavy atom. The predicted octanol–water partition coefficient (Wildman–Crippen LogP) is 2.51. The molecule has 0 bridgehead atoms. The van der Waals surface area contributed by atoms with Gasteiger partial charge in [-0.1, -0.05) is 35.3 Å². The fraction of sp³-hybridized carbons (Fsp3) is 0. The van der Waals surface area contributed by atoms with E-state index in [1.54, 1.807) is 18.2 Å². The highest BCUT2D eigenvalue weighted by Crippen LogP contribution is 2.31. The molecule has 0 fully saturated rings. The topological polar surface area (TPSA) is 102 Å². The number of pyridine rings is 1. The van der Waals surface area contributed by atoms with Crippen LogP contribution in [0, 0.1) is 0 Å². The first-order valence-corrected chi connectivity index (χ1v) is 7.02. The Balaban J connectivity index is 2.19. The number of phenols is 1. The zero-order valence-electron chi connectivity index (χ0n) is 10.9. The van der Waals surface area contributed by atoms with E-state index in [-0.39, 0.29) is 32.3 Å². The Kier molecular flexibility index (Phi) is 5.07. The summed E-state index contributed by atoms with van der Waals surface area (Å²) >= 11 is 17.5. The number of H-pyrrole nitrogens is 1. The number of hydrogen-bond donors (Lipinski definition) is 3. The van der Waals surface area contributed by atoms with Crippen LogP contribution in [0.4, 0.5) is 5.69 Å². The van der Waals surface area contributed by atoms with Gasteiger partial charge in [0.05, 0.1) is 11.9 Å². The zero-order valence-corrected chi connectivity index (χ0v) is 13.2. The van der Waals surface area contributed by atoms with Crippen LogP contribution in [0.25, 0.3) is 0 Å². The molecule has 0 saturated carbocycles. The third-order valence-corrected chi connectivity index (χ3v) is 3.82. The Hall–Kier alpha value is -2.02. The standard InChI is InChI=1S/C13H9Cl3N4O2/c14-8-10(17)9(15)12(16)19-11(8)13(22)20-18-5-6-3-1-2-4-7(6)21/h1-5,21H,(H2,17,19)(H,20,22)/p+1/b18-5+. The second kappa shape index (κ2) is 6.83. The number of carbonyl (C=O) groups excluding carboxylic acids is 1. The minimum Gasteiger partial charge on any atom is -0.507 e. The number of amides is 1. The third kappa shape index (κ3) is 3.41. The lowest BCUT2D eigenvalue weighted by atomic mass is 10.2. The molecule has 0 radical (unpaired) electrons. The lowest BCUT2D eigenvalue weighted by molar-refractivity contribution is -0.379. The number of para-hydroxylation sites is 1. The molecule has 0 aliphatic rings. The molecule has 22 heavy (non-hydrogen) atoms. The molecule has 2 rings (SSSR count). The average molecular weight is 361 g/mol. The van der Waals surface area contributed by atoms with E-state index in [9.17, 15) is 9.90 Å². The van der Waals surface area contributed by atoms with Gasteiger partial charge in [-0.2, -0.15) is 10.1 Å². The van der Waals surface area contributed by atoms with Gasteiger partial charge in [-0.05, 0) is 23.7 Å². The maximum atomic E-state index is 12.0. The van der Waals surface area contributed by atoms with Crippen molar-refractivity contribution in [2.75, 3.05) is 5.73 Å². The summed E-state index contributed by atoms with van der Waals surface area (Å²) in [5, 5.41) is 13.2. The summed E-state index contributed by atoms with van der Waals surface area (Å²) in [5.41, 5.74) is 8.22. The van der Waals surface area contributed by atoms with Gasteiger partial charge in [0.25, 0.3) is 10.8 Å². The van der Waals surface area contributed by atoms with E-state index in [0.29, 0.717) is 5.56 Å². The molecular formula is C13H10Cl3N4O2+. The molecule has 2 aromatic rings. The Bertz CT molecular complexity index is 765. The van der Waals surface area contributed by atoms with E-state index in [1.165, 1.54) is 12.3 Å². The molecule has 0 spiro atoms. The number of aromatic hydroxyl groups is 1. The number of nitrogens with two attached hydrogens (primary N) is 1. The largest absolute Gasteiger partial charge is 0.507 e. The lowest BCUT2D eigenvalue weighted by Gasteiger charge is -2.02. The summed E-state index contributed by atoms with van der Waals surface area (Å²) in [6, 6.07) is 6.50. The molecule has 5 N–H and O–H groups in total. The van der Waals surface area contributed by atoms with Gasteiger partial charge in [-0.15, -0.1) is 0 Å². The van der Waals surface area contributed by atoms with Crippen molar-refractivity contribution >= 4 is 52.6 Å². The second-order valence-corrected chi connectivity index (χ2v) is 5.25. The van der Waals surface area contributed by atoms with Gasteiger partial charge in [0.15, 0.2) is 0 Å². The van der Waals surface area contributed by atoms with Crippen LogP contribution in [0.5, 0.6) is 5.75 Å². The number of aromatic amines is 1. The first kappa shape index (κ1) is 16.4.